The van der Waals surface area contributed by atoms with Crippen molar-refractivity contribution in [2.24, 2.45) is 10.9 Å². The molecule has 1 rings (SSSR count). The van der Waals surface area contributed by atoms with Crippen molar-refractivity contribution in [3.05, 3.63) is 17.7 Å². The van der Waals surface area contributed by atoms with Gasteiger partial charge in [0.15, 0.2) is 5.96 Å². The van der Waals surface area contributed by atoms with Gasteiger partial charge in [0.2, 0.25) is 0 Å². The van der Waals surface area contributed by atoms with Crippen LogP contribution in [-0.2, 0) is 6.42 Å². The molecule has 0 fully saturated rings. The summed E-state index contributed by atoms with van der Waals surface area (Å²) in [4.78, 5) is 4.26. The van der Waals surface area contributed by atoms with Crippen LogP contribution in [0.5, 0.6) is 17.2 Å². The maximum absolute atomic E-state index is 5.48. The maximum Gasteiger partial charge on any atom is 0.190 e. The Morgan fingerprint density at radius 3 is 2.08 bits per heavy atom. The average Bonchev–Trinajstić information content (AvgIpc) is 2.62. The molecule has 6 nitrogen and oxygen atoms in total. The zero-order valence-electron chi connectivity index (χ0n) is 16.4. The number of guanidine groups is 1. The minimum Gasteiger partial charge on any atom is -0.496 e. The molecule has 0 aliphatic rings. The molecule has 0 heterocycles. The first-order valence-electron chi connectivity index (χ1n) is 8.79. The van der Waals surface area contributed by atoms with Gasteiger partial charge in [-0.3, -0.25) is 4.99 Å². The van der Waals surface area contributed by atoms with Crippen LogP contribution in [0.2, 0.25) is 0 Å². The zero-order valence-corrected chi connectivity index (χ0v) is 16.4. The smallest absolute Gasteiger partial charge is 0.190 e. The van der Waals surface area contributed by atoms with E-state index < -0.39 is 0 Å². The lowest BCUT2D eigenvalue weighted by molar-refractivity contribution is 0.368. The van der Waals surface area contributed by atoms with Crippen molar-refractivity contribution >= 4 is 5.96 Å². The SMILES string of the molecule is CN=C(NCCCC(C)C)NCCc1c(OC)cc(OC)cc1OC. The summed E-state index contributed by atoms with van der Waals surface area (Å²) in [6, 6.07) is 3.74. The van der Waals surface area contributed by atoms with Gasteiger partial charge in [0.1, 0.15) is 17.2 Å². The molecule has 0 atom stereocenters. The lowest BCUT2D eigenvalue weighted by Gasteiger charge is -2.16. The van der Waals surface area contributed by atoms with Crippen LogP contribution in [0.15, 0.2) is 17.1 Å². The summed E-state index contributed by atoms with van der Waals surface area (Å²) in [5.41, 5.74) is 1.01. The van der Waals surface area contributed by atoms with Crippen LogP contribution in [0.25, 0.3) is 0 Å². The van der Waals surface area contributed by atoms with Crippen molar-refractivity contribution in [3.8, 4) is 17.2 Å². The Hall–Kier alpha value is -2.11. The lowest BCUT2D eigenvalue weighted by Crippen LogP contribution is -2.38. The van der Waals surface area contributed by atoms with Gasteiger partial charge < -0.3 is 24.8 Å². The second kappa shape index (κ2) is 11.4. The molecule has 0 saturated heterocycles. The van der Waals surface area contributed by atoms with Gasteiger partial charge in [0, 0.05) is 37.8 Å². The highest BCUT2D eigenvalue weighted by Gasteiger charge is 2.13. The molecule has 0 amide bonds. The molecule has 6 heteroatoms. The van der Waals surface area contributed by atoms with Gasteiger partial charge in [0.05, 0.1) is 21.3 Å². The topological polar surface area (TPSA) is 64.1 Å². The van der Waals surface area contributed by atoms with E-state index in [4.69, 9.17) is 14.2 Å². The van der Waals surface area contributed by atoms with E-state index >= 15 is 0 Å². The summed E-state index contributed by atoms with van der Waals surface area (Å²) in [6.45, 7) is 6.13. The molecule has 0 saturated carbocycles. The van der Waals surface area contributed by atoms with Crippen LogP contribution in [0.1, 0.15) is 32.3 Å². The number of ether oxygens (including phenoxy) is 3. The van der Waals surface area contributed by atoms with E-state index in [1.54, 1.807) is 28.4 Å². The van der Waals surface area contributed by atoms with Gasteiger partial charge in [0.25, 0.3) is 0 Å². The van der Waals surface area contributed by atoms with Crippen molar-refractivity contribution in [1.82, 2.24) is 10.6 Å². The summed E-state index contributed by atoms with van der Waals surface area (Å²) in [6.07, 6.45) is 3.10. The molecule has 25 heavy (non-hydrogen) atoms. The largest absolute Gasteiger partial charge is 0.496 e. The molecule has 0 aliphatic carbocycles. The number of nitrogens with one attached hydrogen (secondary N) is 2. The van der Waals surface area contributed by atoms with Gasteiger partial charge in [-0.05, 0) is 25.2 Å². The molecule has 1 aromatic carbocycles. The van der Waals surface area contributed by atoms with E-state index in [0.717, 1.165) is 54.9 Å². The monoisotopic (exact) mass is 351 g/mol. The summed E-state index contributed by atoms with van der Waals surface area (Å²) < 4.78 is 16.2. The Kier molecular flexibility index (Phi) is 9.58. The minimum atomic E-state index is 0.716. The van der Waals surface area contributed by atoms with Crippen LogP contribution in [0, 0.1) is 5.92 Å². The highest BCUT2D eigenvalue weighted by molar-refractivity contribution is 5.79. The first kappa shape index (κ1) is 20.9. The molecule has 142 valence electrons. The number of methoxy groups -OCH3 is 3. The second-order valence-corrected chi connectivity index (χ2v) is 6.22. The third-order valence-electron chi connectivity index (χ3n) is 3.96. The quantitative estimate of drug-likeness (QED) is 0.385. The molecular weight excluding hydrogens is 318 g/mol. The van der Waals surface area contributed by atoms with E-state index in [-0.39, 0.29) is 0 Å². The second-order valence-electron chi connectivity index (χ2n) is 6.22. The fraction of sp³-hybridized carbons (Fsp3) is 0.632. The van der Waals surface area contributed by atoms with Crippen LogP contribution in [-0.4, -0.2) is 47.4 Å². The van der Waals surface area contributed by atoms with Gasteiger partial charge in [-0.15, -0.1) is 0 Å². The first-order valence-corrected chi connectivity index (χ1v) is 8.79. The van der Waals surface area contributed by atoms with Crippen molar-refractivity contribution in [3.63, 3.8) is 0 Å². The number of nitrogens with zero attached hydrogens (tertiary/aromatic N) is 1. The summed E-state index contributed by atoms with van der Waals surface area (Å²) in [5, 5.41) is 6.68. The van der Waals surface area contributed by atoms with E-state index in [1.807, 2.05) is 12.1 Å². The summed E-state index contributed by atoms with van der Waals surface area (Å²) >= 11 is 0. The normalized spacial score (nSPS) is 11.4. The van der Waals surface area contributed by atoms with Crippen LogP contribution >= 0.6 is 0 Å². The molecule has 0 radical (unpaired) electrons. The first-order chi connectivity index (χ1) is 12.0. The van der Waals surface area contributed by atoms with Crippen LogP contribution < -0.4 is 24.8 Å². The fourth-order valence-corrected chi connectivity index (χ4v) is 2.57. The molecular formula is C19H33N3O3. The highest BCUT2D eigenvalue weighted by Crippen LogP contribution is 2.34. The van der Waals surface area contributed by atoms with E-state index in [9.17, 15) is 0 Å². The van der Waals surface area contributed by atoms with E-state index in [1.165, 1.54) is 6.42 Å². The summed E-state index contributed by atoms with van der Waals surface area (Å²) in [5.74, 6) is 3.78. The van der Waals surface area contributed by atoms with Crippen LogP contribution in [0.4, 0.5) is 0 Å². The van der Waals surface area contributed by atoms with Gasteiger partial charge in [-0.1, -0.05) is 13.8 Å². The molecule has 0 aromatic heterocycles. The van der Waals surface area contributed by atoms with Crippen molar-refractivity contribution in [2.45, 2.75) is 33.1 Å². The van der Waals surface area contributed by atoms with Crippen molar-refractivity contribution in [2.75, 3.05) is 41.5 Å². The number of hydrogen-bond donors (Lipinski definition) is 2. The predicted octanol–water partition coefficient (Wildman–Crippen LogP) is 2.86. The fourth-order valence-electron chi connectivity index (χ4n) is 2.57. The van der Waals surface area contributed by atoms with Crippen LogP contribution in [0.3, 0.4) is 0 Å². The number of aliphatic imine (C=N–C) groups is 1. The number of hydrogen-bond acceptors (Lipinski definition) is 4. The average molecular weight is 351 g/mol. The Morgan fingerprint density at radius 2 is 1.60 bits per heavy atom. The molecule has 2 N–H and O–H groups in total. The van der Waals surface area contributed by atoms with E-state index in [2.05, 4.69) is 29.5 Å². The lowest BCUT2D eigenvalue weighted by atomic mass is 10.1. The van der Waals surface area contributed by atoms with Crippen molar-refractivity contribution in [1.29, 1.82) is 0 Å². The van der Waals surface area contributed by atoms with Gasteiger partial charge >= 0.3 is 0 Å². The number of benzene rings is 1. The van der Waals surface area contributed by atoms with Gasteiger partial charge in [-0.2, -0.15) is 0 Å². The van der Waals surface area contributed by atoms with E-state index in [0.29, 0.717) is 5.75 Å². The number of rotatable bonds is 10. The minimum absolute atomic E-state index is 0.716. The molecule has 0 bridgehead atoms. The Morgan fingerprint density at radius 1 is 1.00 bits per heavy atom. The predicted molar refractivity (Wildman–Crippen MR) is 103 cm³/mol. The Balaban J connectivity index is 2.59. The highest BCUT2D eigenvalue weighted by atomic mass is 16.5. The zero-order chi connectivity index (χ0) is 18.7. The Labute approximate surface area is 152 Å². The molecule has 0 unspecified atom stereocenters. The molecule has 0 aliphatic heterocycles. The van der Waals surface area contributed by atoms with Crippen molar-refractivity contribution < 1.29 is 14.2 Å². The third kappa shape index (κ3) is 7.11. The standard InChI is InChI=1S/C19H33N3O3/c1-14(2)8-7-10-21-19(20-3)22-11-9-16-17(24-5)12-15(23-4)13-18(16)25-6/h12-14H,7-11H2,1-6H3,(H2,20,21,22). The molecule has 0 spiro atoms. The third-order valence-corrected chi connectivity index (χ3v) is 3.96. The Bertz CT molecular complexity index is 520. The summed E-state index contributed by atoms with van der Waals surface area (Å²) in [7, 11) is 6.72. The van der Waals surface area contributed by atoms with Gasteiger partial charge in [-0.25, -0.2) is 0 Å². The maximum atomic E-state index is 5.48. The molecule has 1 aromatic rings.